The van der Waals surface area contributed by atoms with E-state index in [1.165, 1.54) is 19.5 Å². The second-order valence-electron chi connectivity index (χ2n) is 9.15. The summed E-state index contributed by atoms with van der Waals surface area (Å²) in [6, 6.07) is 16.7. The molecule has 1 amide bonds. The molecule has 0 bridgehead atoms. The van der Waals surface area contributed by atoms with E-state index in [4.69, 9.17) is 9.47 Å². The Labute approximate surface area is 209 Å². The van der Waals surface area contributed by atoms with Crippen molar-refractivity contribution < 1.29 is 27.4 Å². The zero-order valence-electron chi connectivity index (χ0n) is 20.2. The van der Waals surface area contributed by atoms with Crippen LogP contribution in [-0.4, -0.2) is 49.6 Å². The Morgan fingerprint density at radius 3 is 2.42 bits per heavy atom. The van der Waals surface area contributed by atoms with Crippen molar-refractivity contribution in [3.05, 3.63) is 71.5 Å². The third-order valence-corrected chi connectivity index (χ3v) is 6.45. The van der Waals surface area contributed by atoms with E-state index < -0.39 is 18.3 Å². The number of aryl methyl sites for hydroxylation is 2. The molecule has 2 aliphatic heterocycles. The van der Waals surface area contributed by atoms with Crippen molar-refractivity contribution in [2.24, 2.45) is 5.73 Å². The normalized spacial score (nSPS) is 15.1. The molecule has 3 aromatic carbocycles. The van der Waals surface area contributed by atoms with Crippen molar-refractivity contribution in [1.29, 1.82) is 0 Å². The Kier molecular flexibility index (Phi) is 8.36. The minimum Gasteiger partial charge on any atom is -0.486 e. The first-order chi connectivity index (χ1) is 17.3. The zero-order valence-corrected chi connectivity index (χ0v) is 20.2. The number of hydrogen-bond donors (Lipinski definition) is 1. The molecule has 5 nitrogen and oxygen atoms in total. The summed E-state index contributed by atoms with van der Waals surface area (Å²) in [5.41, 5.74) is 6.41. The van der Waals surface area contributed by atoms with Gasteiger partial charge in [-0.05, 0) is 79.3 Å². The van der Waals surface area contributed by atoms with Crippen LogP contribution in [0.5, 0.6) is 11.5 Å². The molecule has 0 spiro atoms. The number of halogens is 3. The van der Waals surface area contributed by atoms with Gasteiger partial charge in [-0.15, -0.1) is 0 Å². The first kappa shape index (κ1) is 25.8. The Bertz CT molecular complexity index is 1200. The lowest BCUT2D eigenvalue weighted by atomic mass is 10.0. The number of nitrogens with zero attached hydrogens (tertiary/aromatic N) is 1. The van der Waals surface area contributed by atoms with Gasteiger partial charge < -0.3 is 20.1 Å². The fraction of sp³-hybridized carbons (Fsp3) is 0.393. The summed E-state index contributed by atoms with van der Waals surface area (Å²) in [6.45, 7) is 4.48. The first-order valence-electron chi connectivity index (χ1n) is 12.3. The van der Waals surface area contributed by atoms with Crippen LogP contribution in [0.3, 0.4) is 0 Å². The maximum absolute atomic E-state index is 13.8. The molecule has 1 fully saturated rings. The molecule has 5 rings (SSSR count). The predicted molar refractivity (Wildman–Crippen MR) is 133 cm³/mol. The number of rotatable bonds is 8. The third-order valence-electron chi connectivity index (χ3n) is 6.45. The standard InChI is InChI=1S/C14H13F2NO.C14H18FNO2/c15-14(16,13(17)18)8-7-10-5-6-11-3-1-2-4-12(11)9-10;15-12-9-11(3-1-4-16-5-2-6-16)10-13-14(12)18-8-7-17-13/h1-6,9H,7-8H2,(H2,17,18);9-10H,1-8H2. The monoisotopic (exact) mass is 500 g/mol. The van der Waals surface area contributed by atoms with Crippen molar-refractivity contribution in [2.75, 3.05) is 32.8 Å². The molecule has 2 N–H and O–H groups in total. The Balaban J connectivity index is 0.000000169. The summed E-state index contributed by atoms with van der Waals surface area (Å²) in [6.07, 6.45) is 2.85. The number of amides is 1. The van der Waals surface area contributed by atoms with E-state index >= 15 is 0 Å². The minimum absolute atomic E-state index is 0.126. The molecule has 0 atom stereocenters. The van der Waals surface area contributed by atoms with Gasteiger partial charge in [0.25, 0.3) is 5.91 Å². The Morgan fingerprint density at radius 2 is 1.69 bits per heavy atom. The summed E-state index contributed by atoms with van der Waals surface area (Å²) in [7, 11) is 0. The average Bonchev–Trinajstić information content (AvgIpc) is 2.84. The number of hydrogen-bond acceptors (Lipinski definition) is 4. The molecule has 0 aromatic heterocycles. The van der Waals surface area contributed by atoms with Gasteiger partial charge >= 0.3 is 5.92 Å². The van der Waals surface area contributed by atoms with Crippen molar-refractivity contribution in [2.45, 2.75) is 38.0 Å². The highest BCUT2D eigenvalue weighted by Crippen LogP contribution is 2.34. The molecule has 0 saturated carbocycles. The number of likely N-dealkylation sites (tertiary alicyclic amines) is 1. The van der Waals surface area contributed by atoms with E-state index in [2.05, 4.69) is 10.6 Å². The summed E-state index contributed by atoms with van der Waals surface area (Å²) >= 11 is 0. The van der Waals surface area contributed by atoms with Crippen LogP contribution in [0, 0.1) is 5.82 Å². The molecule has 0 unspecified atom stereocenters. The predicted octanol–water partition coefficient (Wildman–Crippen LogP) is 5.13. The largest absolute Gasteiger partial charge is 0.486 e. The highest BCUT2D eigenvalue weighted by Gasteiger charge is 2.35. The fourth-order valence-electron chi connectivity index (χ4n) is 4.24. The number of carbonyl (C=O) groups excluding carboxylic acids is 1. The maximum atomic E-state index is 13.8. The molecule has 1 saturated heterocycles. The van der Waals surface area contributed by atoms with Crippen LogP contribution in [0.2, 0.25) is 0 Å². The quantitative estimate of drug-likeness (QED) is 0.466. The van der Waals surface area contributed by atoms with Crippen molar-refractivity contribution in [3.8, 4) is 11.5 Å². The lowest BCUT2D eigenvalue weighted by molar-refractivity contribution is -0.142. The maximum Gasteiger partial charge on any atom is 0.324 e. The Hall–Kier alpha value is -3.26. The average molecular weight is 501 g/mol. The topological polar surface area (TPSA) is 64.8 Å². The summed E-state index contributed by atoms with van der Waals surface area (Å²) in [4.78, 5) is 13.0. The zero-order chi connectivity index (χ0) is 25.5. The second kappa shape index (κ2) is 11.6. The lowest BCUT2D eigenvalue weighted by Gasteiger charge is -2.30. The van der Waals surface area contributed by atoms with E-state index in [1.807, 2.05) is 42.5 Å². The van der Waals surface area contributed by atoms with Crippen LogP contribution in [0.15, 0.2) is 54.6 Å². The van der Waals surface area contributed by atoms with E-state index in [-0.39, 0.29) is 18.0 Å². The van der Waals surface area contributed by atoms with Crippen molar-refractivity contribution in [3.63, 3.8) is 0 Å². The van der Waals surface area contributed by atoms with Crippen LogP contribution in [-0.2, 0) is 17.6 Å². The van der Waals surface area contributed by atoms with E-state index in [0.29, 0.717) is 19.0 Å². The van der Waals surface area contributed by atoms with Crippen LogP contribution in [0.1, 0.15) is 30.4 Å². The van der Waals surface area contributed by atoms with E-state index in [1.54, 1.807) is 12.1 Å². The molecule has 3 aromatic rings. The van der Waals surface area contributed by atoms with Gasteiger partial charge in [-0.3, -0.25) is 4.79 Å². The molecule has 36 heavy (non-hydrogen) atoms. The fourth-order valence-corrected chi connectivity index (χ4v) is 4.24. The number of fused-ring (bicyclic) bond motifs is 2. The highest BCUT2D eigenvalue weighted by atomic mass is 19.3. The molecule has 2 heterocycles. The van der Waals surface area contributed by atoms with Crippen LogP contribution in [0.25, 0.3) is 10.8 Å². The van der Waals surface area contributed by atoms with Gasteiger partial charge in [0.1, 0.15) is 13.2 Å². The summed E-state index contributed by atoms with van der Waals surface area (Å²) in [5.74, 6) is -4.48. The summed E-state index contributed by atoms with van der Waals surface area (Å²) < 4.78 is 50.6. The number of ether oxygens (including phenoxy) is 2. The molecule has 0 aliphatic carbocycles. The third kappa shape index (κ3) is 6.69. The van der Waals surface area contributed by atoms with E-state index in [0.717, 1.165) is 41.3 Å². The minimum atomic E-state index is -3.44. The number of nitrogens with two attached hydrogens (primary N) is 1. The van der Waals surface area contributed by atoms with Gasteiger partial charge in [0, 0.05) is 6.42 Å². The van der Waals surface area contributed by atoms with Crippen LogP contribution < -0.4 is 15.2 Å². The molecule has 0 radical (unpaired) electrons. The van der Waals surface area contributed by atoms with Crippen LogP contribution in [0.4, 0.5) is 13.2 Å². The van der Waals surface area contributed by atoms with Gasteiger partial charge in [0.2, 0.25) is 0 Å². The number of carbonyl (C=O) groups is 1. The van der Waals surface area contributed by atoms with Gasteiger partial charge in [-0.1, -0.05) is 42.5 Å². The summed E-state index contributed by atoms with van der Waals surface area (Å²) in [5, 5.41) is 2.06. The molecule has 8 heteroatoms. The molecular weight excluding hydrogens is 469 g/mol. The van der Waals surface area contributed by atoms with Crippen molar-refractivity contribution >= 4 is 16.7 Å². The smallest absolute Gasteiger partial charge is 0.324 e. The van der Waals surface area contributed by atoms with E-state index in [9.17, 15) is 18.0 Å². The first-order valence-corrected chi connectivity index (χ1v) is 12.3. The lowest BCUT2D eigenvalue weighted by Crippen LogP contribution is -2.37. The molecule has 192 valence electrons. The van der Waals surface area contributed by atoms with Crippen LogP contribution >= 0.6 is 0 Å². The van der Waals surface area contributed by atoms with Gasteiger partial charge in [-0.25, -0.2) is 4.39 Å². The van der Waals surface area contributed by atoms with Gasteiger partial charge in [0.05, 0.1) is 0 Å². The van der Waals surface area contributed by atoms with Gasteiger partial charge in [0.15, 0.2) is 17.3 Å². The Morgan fingerprint density at radius 1 is 0.944 bits per heavy atom. The molecule has 2 aliphatic rings. The number of primary amides is 1. The number of alkyl halides is 2. The SMILES string of the molecule is Fc1cc(CCCN2CCC2)cc2c1OCCO2.NC(=O)C(F)(F)CCc1ccc2ccccc2c1. The second-order valence-corrected chi connectivity index (χ2v) is 9.15. The van der Waals surface area contributed by atoms with Crippen molar-refractivity contribution in [1.82, 2.24) is 4.90 Å². The highest BCUT2D eigenvalue weighted by molar-refractivity contribution is 5.83. The molecular formula is C28H31F3N2O3. The van der Waals surface area contributed by atoms with Gasteiger partial charge in [-0.2, -0.15) is 8.78 Å². The number of benzene rings is 3.